The van der Waals surface area contributed by atoms with Crippen LogP contribution in [0, 0.1) is 0 Å². The highest BCUT2D eigenvalue weighted by atomic mass is 35.5. The van der Waals surface area contributed by atoms with E-state index < -0.39 is 11.7 Å². The molecule has 19 heavy (non-hydrogen) atoms. The zero-order valence-corrected chi connectivity index (χ0v) is 11.0. The lowest BCUT2D eigenvalue weighted by Crippen LogP contribution is -2.15. The van der Waals surface area contributed by atoms with Gasteiger partial charge in [0.15, 0.2) is 0 Å². The van der Waals surface area contributed by atoms with E-state index in [-0.39, 0.29) is 11.3 Å². The van der Waals surface area contributed by atoms with Crippen LogP contribution in [0.15, 0.2) is 18.2 Å². The fourth-order valence-electron chi connectivity index (χ4n) is 1.77. The number of rotatable bonds is 2. The van der Waals surface area contributed by atoms with Crippen molar-refractivity contribution in [3.8, 4) is 0 Å². The van der Waals surface area contributed by atoms with E-state index in [1.165, 1.54) is 6.07 Å². The molecule has 0 fully saturated rings. The number of nitrogens with one attached hydrogen (secondary N) is 1. The Hall–Kier alpha value is -1.40. The molecule has 1 N–H and O–H groups in total. The molecule has 1 aromatic heterocycles. The maximum absolute atomic E-state index is 12.7. The van der Waals surface area contributed by atoms with E-state index in [1.807, 2.05) is 0 Å². The van der Waals surface area contributed by atoms with Crippen LogP contribution in [0.5, 0.6) is 0 Å². The minimum absolute atomic E-state index is 0.0179. The third-order valence-electron chi connectivity index (χ3n) is 2.87. The highest BCUT2D eigenvalue weighted by Gasteiger charge is 2.31. The van der Waals surface area contributed by atoms with Crippen LogP contribution in [-0.2, 0) is 6.18 Å². The maximum Gasteiger partial charge on any atom is 0.416 e. The van der Waals surface area contributed by atoms with Gasteiger partial charge in [0, 0.05) is 11.4 Å². The van der Waals surface area contributed by atoms with Gasteiger partial charge in [0.25, 0.3) is 0 Å². The molecule has 3 nitrogen and oxygen atoms in total. The monoisotopic (exact) mass is 289 g/mol. The van der Waals surface area contributed by atoms with E-state index in [0.717, 1.165) is 12.1 Å². The van der Waals surface area contributed by atoms with Crippen LogP contribution in [0.4, 0.5) is 13.2 Å². The predicted molar refractivity (Wildman–Crippen MR) is 67.0 cm³/mol. The fourth-order valence-corrected chi connectivity index (χ4v) is 1.95. The summed E-state index contributed by atoms with van der Waals surface area (Å²) in [7, 11) is 1.69. The summed E-state index contributed by atoms with van der Waals surface area (Å²) in [6.45, 7) is 1.79. The Morgan fingerprint density at radius 3 is 2.53 bits per heavy atom. The summed E-state index contributed by atoms with van der Waals surface area (Å²) >= 11 is 5.78. The highest BCUT2D eigenvalue weighted by Crippen LogP contribution is 2.33. The number of benzene rings is 1. The molecule has 0 aliphatic rings. The van der Waals surface area contributed by atoms with E-state index in [1.54, 1.807) is 14.0 Å². The second kappa shape index (κ2) is 4.94. The van der Waals surface area contributed by atoms with Gasteiger partial charge in [-0.2, -0.15) is 13.2 Å². The summed E-state index contributed by atoms with van der Waals surface area (Å²) in [4.78, 5) is 7.96. The van der Waals surface area contributed by atoms with Crippen molar-refractivity contribution < 1.29 is 13.2 Å². The lowest BCUT2D eigenvalue weighted by atomic mass is 10.1. The van der Waals surface area contributed by atoms with Crippen LogP contribution >= 0.6 is 11.6 Å². The fraction of sp³-hybridized carbons (Fsp3) is 0.333. The van der Waals surface area contributed by atoms with E-state index in [9.17, 15) is 13.2 Å². The SMILES string of the molecule is CNC(C)c1nc(Cl)nc2ccc(C(F)(F)F)cc12. The first-order chi connectivity index (χ1) is 8.82. The highest BCUT2D eigenvalue weighted by molar-refractivity contribution is 6.28. The van der Waals surface area contributed by atoms with Gasteiger partial charge in [-0.3, -0.25) is 0 Å². The molecule has 0 spiro atoms. The molecule has 2 rings (SSSR count). The van der Waals surface area contributed by atoms with Crippen molar-refractivity contribution in [1.82, 2.24) is 15.3 Å². The topological polar surface area (TPSA) is 37.8 Å². The van der Waals surface area contributed by atoms with Crippen LogP contribution < -0.4 is 5.32 Å². The third kappa shape index (κ3) is 2.79. The smallest absolute Gasteiger partial charge is 0.312 e. The molecule has 0 saturated heterocycles. The van der Waals surface area contributed by atoms with Crippen molar-refractivity contribution in [3.63, 3.8) is 0 Å². The Morgan fingerprint density at radius 2 is 1.95 bits per heavy atom. The molecule has 1 unspecified atom stereocenters. The van der Waals surface area contributed by atoms with Crippen LogP contribution in [0.1, 0.15) is 24.2 Å². The van der Waals surface area contributed by atoms with Crippen molar-refractivity contribution in [1.29, 1.82) is 0 Å². The van der Waals surface area contributed by atoms with Gasteiger partial charge < -0.3 is 5.32 Å². The molecule has 7 heteroatoms. The molecule has 0 saturated carbocycles. The van der Waals surface area contributed by atoms with E-state index in [4.69, 9.17) is 11.6 Å². The number of halogens is 4. The molecule has 0 amide bonds. The second-order valence-corrected chi connectivity index (χ2v) is 4.46. The summed E-state index contributed by atoms with van der Waals surface area (Å²) in [6, 6.07) is 3.11. The predicted octanol–water partition coefficient (Wildman–Crippen LogP) is 3.58. The van der Waals surface area contributed by atoms with Gasteiger partial charge in [-0.1, -0.05) is 0 Å². The third-order valence-corrected chi connectivity index (χ3v) is 3.04. The van der Waals surface area contributed by atoms with Crippen LogP contribution in [0.25, 0.3) is 10.9 Å². The summed E-state index contributed by atoms with van der Waals surface area (Å²) in [5.41, 5.74) is 0.115. The molecule has 0 bridgehead atoms. The van der Waals surface area contributed by atoms with E-state index in [0.29, 0.717) is 16.6 Å². The largest absolute Gasteiger partial charge is 0.416 e. The molecular formula is C12H11ClF3N3. The summed E-state index contributed by atoms with van der Waals surface area (Å²) < 4.78 is 38.2. The lowest BCUT2D eigenvalue weighted by molar-refractivity contribution is -0.137. The zero-order chi connectivity index (χ0) is 14.2. The molecule has 0 radical (unpaired) electrons. The molecule has 1 heterocycles. The van der Waals surface area contributed by atoms with Crippen LogP contribution in [0.2, 0.25) is 5.28 Å². The molecule has 102 valence electrons. The van der Waals surface area contributed by atoms with Crippen LogP contribution in [0.3, 0.4) is 0 Å². The number of nitrogens with zero attached hydrogens (tertiary/aromatic N) is 2. The van der Waals surface area contributed by atoms with E-state index >= 15 is 0 Å². The number of aromatic nitrogens is 2. The lowest BCUT2D eigenvalue weighted by Gasteiger charge is -2.14. The van der Waals surface area contributed by atoms with Crippen molar-refractivity contribution in [3.05, 3.63) is 34.7 Å². The van der Waals surface area contributed by atoms with Gasteiger partial charge in [-0.15, -0.1) is 0 Å². The molecule has 1 atom stereocenters. The van der Waals surface area contributed by atoms with Gasteiger partial charge in [0.2, 0.25) is 5.28 Å². The number of fused-ring (bicyclic) bond motifs is 1. The molecule has 0 aliphatic carbocycles. The average Bonchev–Trinajstić information content (AvgIpc) is 2.35. The number of hydrogen-bond donors (Lipinski definition) is 1. The Balaban J connectivity index is 2.72. The summed E-state index contributed by atoms with van der Waals surface area (Å²) in [5.74, 6) is 0. The summed E-state index contributed by atoms with van der Waals surface area (Å²) in [5, 5.41) is 3.29. The second-order valence-electron chi connectivity index (χ2n) is 4.12. The van der Waals surface area contributed by atoms with Crippen LogP contribution in [-0.4, -0.2) is 17.0 Å². The van der Waals surface area contributed by atoms with Gasteiger partial charge in [0.05, 0.1) is 16.8 Å². The minimum atomic E-state index is -4.39. The first-order valence-corrected chi connectivity index (χ1v) is 5.92. The molecular weight excluding hydrogens is 279 g/mol. The zero-order valence-electron chi connectivity index (χ0n) is 10.2. The molecule has 2 aromatic rings. The quantitative estimate of drug-likeness (QED) is 0.859. The Labute approximate surface area is 112 Å². The summed E-state index contributed by atoms with van der Waals surface area (Å²) in [6.07, 6.45) is -4.39. The minimum Gasteiger partial charge on any atom is -0.312 e. The number of hydrogen-bond acceptors (Lipinski definition) is 3. The molecule has 0 aliphatic heterocycles. The Bertz CT molecular complexity index is 613. The van der Waals surface area contributed by atoms with Crippen molar-refractivity contribution in [2.45, 2.75) is 19.1 Å². The maximum atomic E-state index is 12.7. The average molecular weight is 290 g/mol. The first-order valence-electron chi connectivity index (χ1n) is 5.54. The van der Waals surface area contributed by atoms with Crippen molar-refractivity contribution in [2.24, 2.45) is 0 Å². The Morgan fingerprint density at radius 1 is 1.26 bits per heavy atom. The Kier molecular flexibility index (Phi) is 3.64. The first kappa shape index (κ1) is 14.0. The van der Waals surface area contributed by atoms with Crippen molar-refractivity contribution >= 4 is 22.5 Å². The van der Waals surface area contributed by atoms with Crippen molar-refractivity contribution in [2.75, 3.05) is 7.05 Å². The number of alkyl halides is 3. The van der Waals surface area contributed by atoms with E-state index in [2.05, 4.69) is 15.3 Å². The van der Waals surface area contributed by atoms with Gasteiger partial charge in [-0.05, 0) is 43.8 Å². The normalized spacial score (nSPS) is 13.8. The molecule has 1 aromatic carbocycles. The van der Waals surface area contributed by atoms with Gasteiger partial charge in [-0.25, -0.2) is 9.97 Å². The van der Waals surface area contributed by atoms with Gasteiger partial charge in [0.1, 0.15) is 0 Å². The van der Waals surface area contributed by atoms with Gasteiger partial charge >= 0.3 is 6.18 Å². The standard InChI is InChI=1S/C12H11ClF3N3/c1-6(17-2)10-8-5-7(12(14,15)16)3-4-9(8)18-11(13)19-10/h3-6,17H,1-2H3.